The third kappa shape index (κ3) is 2.15. The summed E-state index contributed by atoms with van der Waals surface area (Å²) in [7, 11) is 2.23. The summed E-state index contributed by atoms with van der Waals surface area (Å²) in [6.45, 7) is 0. The number of para-hydroxylation sites is 2. The second-order valence-corrected chi connectivity index (χ2v) is 4.49. The van der Waals surface area contributed by atoms with E-state index >= 15 is 0 Å². The highest BCUT2D eigenvalue weighted by molar-refractivity contribution is 7.10. The first-order valence-corrected chi connectivity index (χ1v) is 6.39. The van der Waals surface area contributed by atoms with E-state index in [1.54, 1.807) is 6.07 Å². The van der Waals surface area contributed by atoms with Crippen LogP contribution in [-0.2, 0) is 0 Å². The molecule has 4 nitrogen and oxygen atoms in total. The van der Waals surface area contributed by atoms with E-state index in [2.05, 4.69) is 20.1 Å². The number of hydrogen-bond donors (Lipinski definition) is 2. The molecule has 1 aliphatic rings. The normalized spacial score (nSPS) is 17.1. The van der Waals surface area contributed by atoms with E-state index in [1.807, 2.05) is 42.5 Å². The number of carbonyl (C=O) groups excluding carboxylic acids is 1. The summed E-state index contributed by atoms with van der Waals surface area (Å²) in [5.41, 5.74) is 2.37. The van der Waals surface area contributed by atoms with Gasteiger partial charge in [0.15, 0.2) is 0 Å². The summed E-state index contributed by atoms with van der Waals surface area (Å²) in [4.78, 5) is 12.1. The number of nitrogens with one attached hydrogen (secondary N) is 2. The summed E-state index contributed by atoms with van der Waals surface area (Å²) in [6.07, 6.45) is -0.292. The Labute approximate surface area is 113 Å². The van der Waals surface area contributed by atoms with Gasteiger partial charge in [0.05, 0.1) is 15.0 Å². The van der Waals surface area contributed by atoms with Crippen molar-refractivity contribution in [1.82, 2.24) is 5.32 Å². The average Bonchev–Trinajstić information content (AvgIpc) is 2.47. The first-order valence-electron chi connectivity index (χ1n) is 5.91. The number of hydrogen-bond acceptors (Lipinski definition) is 3. The molecule has 1 aliphatic heterocycles. The molecule has 0 fully saturated rings. The van der Waals surface area contributed by atoms with Crippen LogP contribution in [0.3, 0.4) is 0 Å². The van der Waals surface area contributed by atoms with Gasteiger partial charge in [0, 0.05) is 11.3 Å². The topological polar surface area (TPSA) is 50.4 Å². The molecule has 0 aliphatic carbocycles. The molecule has 19 heavy (non-hydrogen) atoms. The third-order valence-corrected chi connectivity index (χ3v) is 3.36. The van der Waals surface area contributed by atoms with Gasteiger partial charge < -0.3 is 15.2 Å². The molecule has 0 aromatic heterocycles. The Kier molecular flexibility index (Phi) is 3.10. The minimum atomic E-state index is -0.292. The lowest BCUT2D eigenvalue weighted by atomic mass is 10.1. The Morgan fingerprint density at radius 2 is 1.74 bits per heavy atom. The molecule has 2 N–H and O–H groups in total. The average molecular weight is 272 g/mol. The van der Waals surface area contributed by atoms with Crippen LogP contribution in [-0.4, -0.2) is 5.91 Å². The largest absolute Gasteiger partial charge is 0.480 e. The van der Waals surface area contributed by atoms with Crippen molar-refractivity contribution in [3.63, 3.8) is 0 Å². The molecule has 96 valence electrons. The first kappa shape index (κ1) is 12.0. The van der Waals surface area contributed by atoms with Gasteiger partial charge in [-0.15, -0.1) is 0 Å². The van der Waals surface area contributed by atoms with Crippen LogP contribution in [0.15, 0.2) is 48.5 Å². The molecule has 0 radical (unpaired) electrons. The fraction of sp³-hybridized carbons (Fsp3) is 0.0714. The van der Waals surface area contributed by atoms with Gasteiger partial charge in [-0.1, -0.05) is 30.3 Å². The molecule has 0 bridgehead atoms. The monoisotopic (exact) mass is 272 g/mol. The van der Waals surface area contributed by atoms with E-state index in [-0.39, 0.29) is 12.1 Å². The second-order valence-electron chi connectivity index (χ2n) is 4.25. The van der Waals surface area contributed by atoms with E-state index in [0.29, 0.717) is 11.3 Å². The van der Waals surface area contributed by atoms with E-state index in [0.717, 1.165) is 11.3 Å². The fourth-order valence-electron chi connectivity index (χ4n) is 2.19. The predicted octanol–water partition coefficient (Wildman–Crippen LogP) is 2.71. The summed E-state index contributed by atoms with van der Waals surface area (Å²) in [5, 5.41) is 6.22. The quantitative estimate of drug-likeness (QED) is 0.826. The molecular formula is C14H13N2O2P. The number of fused-ring (bicyclic) bond motifs is 1. The first-order chi connectivity index (χ1) is 9.29. The van der Waals surface area contributed by atoms with Crippen LogP contribution in [0.1, 0.15) is 22.1 Å². The van der Waals surface area contributed by atoms with Gasteiger partial charge in [-0.05, 0) is 18.2 Å². The van der Waals surface area contributed by atoms with Crippen molar-refractivity contribution >= 4 is 21.1 Å². The number of rotatable bonds is 2. The molecular weight excluding hydrogens is 259 g/mol. The molecule has 2 atom stereocenters. The molecule has 2 aromatic rings. The molecule has 5 heteroatoms. The molecule has 0 saturated heterocycles. The van der Waals surface area contributed by atoms with E-state index in [4.69, 9.17) is 4.52 Å². The zero-order chi connectivity index (χ0) is 13.2. The summed E-state index contributed by atoms with van der Waals surface area (Å²) in [5.74, 6) is 0.627. The van der Waals surface area contributed by atoms with Crippen LogP contribution < -0.4 is 15.2 Å². The zero-order valence-corrected chi connectivity index (χ0v) is 11.2. The molecule has 3 rings (SSSR count). The lowest BCUT2D eigenvalue weighted by Crippen LogP contribution is -2.38. The van der Waals surface area contributed by atoms with Crippen LogP contribution >= 0.6 is 9.47 Å². The zero-order valence-electron chi connectivity index (χ0n) is 10.1. The maximum atomic E-state index is 12.1. The highest BCUT2D eigenvalue weighted by Crippen LogP contribution is 2.31. The van der Waals surface area contributed by atoms with Gasteiger partial charge in [-0.25, -0.2) is 0 Å². The molecule has 2 aromatic carbocycles. The van der Waals surface area contributed by atoms with Crippen LogP contribution in [0.25, 0.3) is 0 Å². The van der Waals surface area contributed by atoms with Gasteiger partial charge >= 0.3 is 0 Å². The highest BCUT2D eigenvalue weighted by Gasteiger charge is 2.25. The van der Waals surface area contributed by atoms with E-state index in [9.17, 15) is 4.79 Å². The predicted molar refractivity (Wildman–Crippen MR) is 77.1 cm³/mol. The van der Waals surface area contributed by atoms with Crippen LogP contribution in [0.4, 0.5) is 5.69 Å². The van der Waals surface area contributed by atoms with E-state index < -0.39 is 0 Å². The van der Waals surface area contributed by atoms with Gasteiger partial charge in [-0.2, -0.15) is 0 Å². The van der Waals surface area contributed by atoms with Crippen LogP contribution in [0.5, 0.6) is 5.75 Å². The Balaban J connectivity index is 1.99. The van der Waals surface area contributed by atoms with Crippen molar-refractivity contribution in [3.8, 4) is 5.75 Å². The van der Waals surface area contributed by atoms with Gasteiger partial charge in [-0.3, -0.25) is 4.79 Å². The van der Waals surface area contributed by atoms with Crippen molar-refractivity contribution in [2.24, 2.45) is 0 Å². The molecule has 2 unspecified atom stereocenters. The summed E-state index contributed by atoms with van der Waals surface area (Å²) < 4.78 is 5.25. The molecule has 0 spiro atoms. The smallest absolute Gasteiger partial charge is 0.255 e. The summed E-state index contributed by atoms with van der Waals surface area (Å²) in [6, 6.07) is 15.0. The molecule has 0 saturated carbocycles. The lowest BCUT2D eigenvalue weighted by molar-refractivity contribution is 0.0935. The SMILES string of the molecule is O=C1NC(c2ccccc2OP)Nc2ccccc21. The molecule has 1 amide bonds. The maximum Gasteiger partial charge on any atom is 0.255 e. The van der Waals surface area contributed by atoms with Crippen molar-refractivity contribution in [1.29, 1.82) is 0 Å². The van der Waals surface area contributed by atoms with Gasteiger partial charge in [0.1, 0.15) is 11.9 Å². The van der Waals surface area contributed by atoms with Crippen LogP contribution in [0, 0.1) is 0 Å². The van der Waals surface area contributed by atoms with Crippen molar-refractivity contribution in [3.05, 3.63) is 59.7 Å². The number of anilines is 1. The minimum Gasteiger partial charge on any atom is -0.480 e. The van der Waals surface area contributed by atoms with Crippen LogP contribution in [0.2, 0.25) is 0 Å². The van der Waals surface area contributed by atoms with Gasteiger partial charge in [0.2, 0.25) is 0 Å². The van der Waals surface area contributed by atoms with Crippen molar-refractivity contribution in [2.45, 2.75) is 6.17 Å². The standard InChI is InChI=1S/C14H13N2O2P/c17-14-9-5-1-3-7-11(9)15-13(16-14)10-6-2-4-8-12(10)18-19/h1-8,13,15H,19H2,(H,16,17). The fourth-order valence-corrected chi connectivity index (χ4v) is 2.40. The minimum absolute atomic E-state index is 0.0853. The summed E-state index contributed by atoms with van der Waals surface area (Å²) >= 11 is 0. The Hall–Kier alpha value is -2.06. The van der Waals surface area contributed by atoms with Gasteiger partial charge in [0.25, 0.3) is 5.91 Å². The number of amides is 1. The van der Waals surface area contributed by atoms with E-state index in [1.165, 1.54) is 0 Å². The lowest BCUT2D eigenvalue weighted by Gasteiger charge is -2.28. The third-order valence-electron chi connectivity index (χ3n) is 3.10. The maximum absolute atomic E-state index is 12.1. The highest BCUT2D eigenvalue weighted by atomic mass is 31.0. The number of benzene rings is 2. The van der Waals surface area contributed by atoms with Crippen molar-refractivity contribution < 1.29 is 9.32 Å². The molecule has 1 heterocycles. The Morgan fingerprint density at radius 1 is 1.00 bits per heavy atom. The Bertz CT molecular complexity index is 630. The Morgan fingerprint density at radius 3 is 2.58 bits per heavy atom. The van der Waals surface area contributed by atoms with Crippen molar-refractivity contribution in [2.75, 3.05) is 5.32 Å². The second kappa shape index (κ2) is 4.90. The number of carbonyl (C=O) groups is 1.